The van der Waals surface area contributed by atoms with Gasteiger partial charge in [-0.1, -0.05) is 12.1 Å². The second-order valence-electron chi connectivity index (χ2n) is 3.85. The molecule has 76 valence electrons. The molecule has 14 heavy (non-hydrogen) atoms. The van der Waals surface area contributed by atoms with Gasteiger partial charge < -0.3 is 10.1 Å². The molecule has 2 atom stereocenters. The van der Waals surface area contributed by atoms with Crippen molar-refractivity contribution in [2.45, 2.75) is 24.8 Å². The van der Waals surface area contributed by atoms with E-state index in [9.17, 15) is 0 Å². The maximum absolute atomic E-state index is 5.14. The Balaban J connectivity index is 2.09. The summed E-state index contributed by atoms with van der Waals surface area (Å²) < 4.78 is 5.14. The smallest absolute Gasteiger partial charge is 0.118 e. The van der Waals surface area contributed by atoms with Crippen molar-refractivity contribution in [3.63, 3.8) is 0 Å². The molecule has 2 unspecified atom stereocenters. The van der Waals surface area contributed by atoms with Gasteiger partial charge in [0, 0.05) is 6.04 Å². The Morgan fingerprint density at radius 2 is 1.93 bits per heavy atom. The van der Waals surface area contributed by atoms with Gasteiger partial charge in [0.25, 0.3) is 0 Å². The second-order valence-corrected chi connectivity index (χ2v) is 3.85. The Morgan fingerprint density at radius 3 is 2.36 bits per heavy atom. The first-order valence-electron chi connectivity index (χ1n) is 5.16. The van der Waals surface area contributed by atoms with Crippen LogP contribution in [-0.2, 0) is 0 Å². The van der Waals surface area contributed by atoms with Gasteiger partial charge in [-0.25, -0.2) is 0 Å². The van der Waals surface area contributed by atoms with Crippen LogP contribution in [0.5, 0.6) is 5.75 Å². The van der Waals surface area contributed by atoms with Crippen molar-refractivity contribution in [3.05, 3.63) is 29.8 Å². The van der Waals surface area contributed by atoms with Crippen LogP contribution < -0.4 is 10.1 Å². The van der Waals surface area contributed by atoms with Crippen molar-refractivity contribution < 1.29 is 4.74 Å². The lowest BCUT2D eigenvalue weighted by molar-refractivity contribution is 0.300. The highest BCUT2D eigenvalue weighted by Crippen LogP contribution is 2.37. The summed E-state index contributed by atoms with van der Waals surface area (Å²) in [4.78, 5) is 0. The van der Waals surface area contributed by atoms with E-state index < -0.39 is 0 Å². The molecule has 1 aliphatic carbocycles. The van der Waals surface area contributed by atoms with Crippen LogP contribution in [0.3, 0.4) is 0 Å². The van der Waals surface area contributed by atoms with Crippen LogP contribution in [0.1, 0.15) is 24.3 Å². The molecule has 0 spiro atoms. The zero-order valence-electron chi connectivity index (χ0n) is 8.79. The summed E-state index contributed by atoms with van der Waals surface area (Å²) in [5.74, 6) is 1.64. The van der Waals surface area contributed by atoms with Crippen LogP contribution in [0, 0.1) is 0 Å². The van der Waals surface area contributed by atoms with E-state index in [1.807, 2.05) is 19.2 Å². The van der Waals surface area contributed by atoms with Gasteiger partial charge in [-0.05, 0) is 43.5 Å². The van der Waals surface area contributed by atoms with Gasteiger partial charge in [-0.3, -0.25) is 0 Å². The van der Waals surface area contributed by atoms with Crippen LogP contribution in [0.25, 0.3) is 0 Å². The minimum absolute atomic E-state index is 0.670. The number of hydrogen-bond donors (Lipinski definition) is 1. The number of nitrogens with one attached hydrogen (secondary N) is 1. The molecule has 0 aromatic heterocycles. The number of ether oxygens (including phenoxy) is 1. The normalized spacial score (nSPS) is 25.6. The Kier molecular flexibility index (Phi) is 2.73. The number of hydrogen-bond acceptors (Lipinski definition) is 2. The Labute approximate surface area is 85.3 Å². The van der Waals surface area contributed by atoms with E-state index in [0.29, 0.717) is 12.0 Å². The first-order valence-corrected chi connectivity index (χ1v) is 5.16. The minimum atomic E-state index is 0.670. The fourth-order valence-corrected chi connectivity index (χ4v) is 2.10. The highest BCUT2D eigenvalue weighted by Gasteiger charge is 2.30. The highest BCUT2D eigenvalue weighted by molar-refractivity contribution is 5.31. The van der Waals surface area contributed by atoms with Crippen molar-refractivity contribution >= 4 is 0 Å². The fraction of sp³-hybridized carbons (Fsp3) is 0.500. The number of likely N-dealkylation sites (N-methyl/N-ethyl adjacent to an activating group) is 1. The van der Waals surface area contributed by atoms with Crippen LogP contribution in [-0.4, -0.2) is 20.2 Å². The fourth-order valence-electron chi connectivity index (χ4n) is 2.10. The summed E-state index contributed by atoms with van der Waals surface area (Å²) in [5, 5.41) is 3.35. The first-order chi connectivity index (χ1) is 6.85. The monoisotopic (exact) mass is 191 g/mol. The SMILES string of the molecule is CNC1CCC1c1ccc(OC)cc1. The van der Waals surface area contributed by atoms with Crippen molar-refractivity contribution in [1.29, 1.82) is 0 Å². The van der Waals surface area contributed by atoms with Gasteiger partial charge in [-0.15, -0.1) is 0 Å². The van der Waals surface area contributed by atoms with Crippen LogP contribution >= 0.6 is 0 Å². The largest absolute Gasteiger partial charge is 0.497 e. The van der Waals surface area contributed by atoms with Crippen LogP contribution in [0.15, 0.2) is 24.3 Å². The predicted molar refractivity (Wildman–Crippen MR) is 57.8 cm³/mol. The Bertz CT molecular complexity index is 292. The quantitative estimate of drug-likeness (QED) is 0.790. The molecule has 2 heteroatoms. The molecule has 1 saturated carbocycles. The van der Waals surface area contributed by atoms with Crippen LogP contribution in [0.4, 0.5) is 0 Å². The Morgan fingerprint density at radius 1 is 1.21 bits per heavy atom. The van der Waals surface area contributed by atoms with E-state index in [-0.39, 0.29) is 0 Å². The number of rotatable bonds is 3. The summed E-state index contributed by atoms with van der Waals surface area (Å²) >= 11 is 0. The van der Waals surface area contributed by atoms with Gasteiger partial charge >= 0.3 is 0 Å². The van der Waals surface area contributed by atoms with Crippen molar-refractivity contribution in [3.8, 4) is 5.75 Å². The summed E-state index contributed by atoms with van der Waals surface area (Å²) in [6.07, 6.45) is 2.60. The van der Waals surface area contributed by atoms with Gasteiger partial charge in [-0.2, -0.15) is 0 Å². The van der Waals surface area contributed by atoms with E-state index in [4.69, 9.17) is 4.74 Å². The lowest BCUT2D eigenvalue weighted by Crippen LogP contribution is -2.40. The second kappa shape index (κ2) is 4.01. The molecule has 1 N–H and O–H groups in total. The third-order valence-electron chi connectivity index (χ3n) is 3.19. The molecular weight excluding hydrogens is 174 g/mol. The molecular formula is C12H17NO. The maximum Gasteiger partial charge on any atom is 0.118 e. The van der Waals surface area contributed by atoms with Gasteiger partial charge in [0.15, 0.2) is 0 Å². The molecule has 1 aliphatic rings. The standard InChI is InChI=1S/C12H17NO/c1-13-12-8-7-11(12)9-3-5-10(14-2)6-4-9/h3-6,11-13H,7-8H2,1-2H3. The van der Waals surface area contributed by atoms with Gasteiger partial charge in [0.1, 0.15) is 5.75 Å². The molecule has 2 nitrogen and oxygen atoms in total. The minimum Gasteiger partial charge on any atom is -0.497 e. The van der Waals surface area contributed by atoms with E-state index >= 15 is 0 Å². The van der Waals surface area contributed by atoms with Gasteiger partial charge in [0.2, 0.25) is 0 Å². The van der Waals surface area contributed by atoms with Crippen molar-refractivity contribution in [2.75, 3.05) is 14.2 Å². The topological polar surface area (TPSA) is 21.3 Å². The van der Waals surface area contributed by atoms with Crippen molar-refractivity contribution in [1.82, 2.24) is 5.32 Å². The summed E-state index contributed by atoms with van der Waals surface area (Å²) in [6, 6.07) is 9.10. The molecule has 1 aromatic rings. The highest BCUT2D eigenvalue weighted by atomic mass is 16.5. The maximum atomic E-state index is 5.14. The number of benzene rings is 1. The molecule has 1 aromatic carbocycles. The molecule has 0 radical (unpaired) electrons. The van der Waals surface area contributed by atoms with Gasteiger partial charge in [0.05, 0.1) is 7.11 Å². The van der Waals surface area contributed by atoms with E-state index in [2.05, 4.69) is 17.4 Å². The average molecular weight is 191 g/mol. The third-order valence-corrected chi connectivity index (χ3v) is 3.19. The lowest BCUT2D eigenvalue weighted by Gasteiger charge is -2.36. The molecule has 2 rings (SSSR count). The predicted octanol–water partition coefficient (Wildman–Crippen LogP) is 2.16. The van der Waals surface area contributed by atoms with Crippen molar-refractivity contribution in [2.24, 2.45) is 0 Å². The molecule has 1 fully saturated rings. The number of methoxy groups -OCH3 is 1. The summed E-state index contributed by atoms with van der Waals surface area (Å²) in [6.45, 7) is 0. The molecule has 0 amide bonds. The average Bonchev–Trinajstić information content (AvgIpc) is 2.18. The summed E-state index contributed by atoms with van der Waals surface area (Å²) in [5.41, 5.74) is 1.43. The molecule has 0 saturated heterocycles. The molecule has 0 aliphatic heterocycles. The van der Waals surface area contributed by atoms with E-state index in [1.54, 1.807) is 7.11 Å². The Hall–Kier alpha value is -1.02. The lowest BCUT2D eigenvalue weighted by atomic mass is 9.75. The van der Waals surface area contributed by atoms with E-state index in [0.717, 1.165) is 5.75 Å². The van der Waals surface area contributed by atoms with Crippen LogP contribution in [0.2, 0.25) is 0 Å². The first kappa shape index (κ1) is 9.53. The van der Waals surface area contributed by atoms with E-state index in [1.165, 1.54) is 18.4 Å². The summed E-state index contributed by atoms with van der Waals surface area (Å²) in [7, 11) is 3.75. The zero-order valence-corrected chi connectivity index (χ0v) is 8.79. The third kappa shape index (κ3) is 1.62. The molecule has 0 bridgehead atoms. The zero-order chi connectivity index (χ0) is 9.97. The molecule has 0 heterocycles.